The van der Waals surface area contributed by atoms with E-state index < -0.39 is 28.5 Å². The molecule has 0 aliphatic heterocycles. The van der Waals surface area contributed by atoms with Gasteiger partial charge in [-0.1, -0.05) is 0 Å². The highest BCUT2D eigenvalue weighted by molar-refractivity contribution is 7.89. The lowest BCUT2D eigenvalue weighted by atomic mass is 10.1. The molecule has 9 nitrogen and oxygen atoms in total. The predicted molar refractivity (Wildman–Crippen MR) is 110 cm³/mol. The number of carbonyl (C=O) groups excluding carboxylic acids is 2. The Morgan fingerprint density at radius 1 is 1.21 bits per heavy atom. The first-order chi connectivity index (χ1) is 13.6. The number of aromatic nitrogens is 1. The molecular weight excluding hydrogens is 416 g/mol. The maximum Gasteiger partial charge on any atom is 0.351 e. The van der Waals surface area contributed by atoms with Gasteiger partial charge in [-0.25, -0.2) is 23.3 Å². The summed E-state index contributed by atoms with van der Waals surface area (Å²) < 4.78 is 27.5. The second kappa shape index (κ2) is 7.78. The molecule has 3 aromatic rings. The van der Waals surface area contributed by atoms with E-state index in [0.29, 0.717) is 15.9 Å². The summed E-state index contributed by atoms with van der Waals surface area (Å²) in [7, 11) is -3.82. The van der Waals surface area contributed by atoms with Crippen LogP contribution in [-0.2, 0) is 19.6 Å². The summed E-state index contributed by atoms with van der Waals surface area (Å²) in [6.07, 6.45) is 0. The van der Waals surface area contributed by atoms with Crippen molar-refractivity contribution < 1.29 is 22.7 Å². The van der Waals surface area contributed by atoms with E-state index >= 15 is 0 Å². The third kappa shape index (κ3) is 4.53. The standard InChI is InChI=1S/C18H18N4O5S2/c1-9-7-10(2)21-17-14(9)15(19)16(28-17)18(24)27-8-13(23)22-11-3-5-12(6-4-11)29(20,25)26/h3-7H,8,19H2,1-2H3,(H,22,23)(H2,20,25,26). The van der Waals surface area contributed by atoms with Gasteiger partial charge in [0.05, 0.1) is 10.6 Å². The SMILES string of the molecule is Cc1cc(C)c2c(N)c(C(=O)OCC(=O)Nc3ccc(S(N)(=O)=O)cc3)sc2n1. The number of nitrogens with one attached hydrogen (secondary N) is 1. The molecule has 1 aromatic carbocycles. The maximum atomic E-state index is 12.4. The molecule has 0 atom stereocenters. The van der Waals surface area contributed by atoms with Crippen LogP contribution in [0.5, 0.6) is 0 Å². The van der Waals surface area contributed by atoms with Crippen molar-refractivity contribution in [2.45, 2.75) is 18.7 Å². The van der Waals surface area contributed by atoms with Crippen LogP contribution < -0.4 is 16.2 Å². The number of hydrogen-bond donors (Lipinski definition) is 3. The number of thiophene rings is 1. The Labute approximate surface area is 170 Å². The normalized spacial score (nSPS) is 11.4. The molecule has 29 heavy (non-hydrogen) atoms. The summed E-state index contributed by atoms with van der Waals surface area (Å²) in [5.41, 5.74) is 8.40. The van der Waals surface area contributed by atoms with E-state index in [2.05, 4.69) is 10.3 Å². The van der Waals surface area contributed by atoms with Gasteiger partial charge in [-0.15, -0.1) is 11.3 Å². The number of ether oxygens (including phenoxy) is 1. The van der Waals surface area contributed by atoms with Crippen LogP contribution in [0, 0.1) is 13.8 Å². The van der Waals surface area contributed by atoms with E-state index in [0.717, 1.165) is 22.6 Å². The van der Waals surface area contributed by atoms with Crippen LogP contribution in [0.2, 0.25) is 0 Å². The molecular formula is C18H18N4O5S2. The molecule has 1 amide bonds. The summed E-state index contributed by atoms with van der Waals surface area (Å²) in [5, 5.41) is 8.21. The fourth-order valence-electron chi connectivity index (χ4n) is 2.74. The zero-order valence-electron chi connectivity index (χ0n) is 15.6. The van der Waals surface area contributed by atoms with Gasteiger partial charge >= 0.3 is 5.97 Å². The van der Waals surface area contributed by atoms with Crippen molar-refractivity contribution in [2.75, 3.05) is 17.7 Å². The monoisotopic (exact) mass is 434 g/mol. The molecule has 11 heteroatoms. The summed E-state index contributed by atoms with van der Waals surface area (Å²) in [5.74, 6) is -1.31. The number of sulfonamides is 1. The molecule has 0 aliphatic rings. The van der Waals surface area contributed by atoms with Gasteiger partial charge < -0.3 is 15.8 Å². The van der Waals surface area contributed by atoms with Crippen molar-refractivity contribution in [3.63, 3.8) is 0 Å². The van der Waals surface area contributed by atoms with Crippen LogP contribution in [0.25, 0.3) is 10.2 Å². The van der Waals surface area contributed by atoms with Crippen LogP contribution in [-0.4, -0.2) is 31.9 Å². The Bertz CT molecular complexity index is 1220. The molecule has 0 aliphatic carbocycles. The molecule has 2 heterocycles. The minimum absolute atomic E-state index is 0.0821. The predicted octanol–water partition coefficient (Wildman–Crippen LogP) is 1.94. The van der Waals surface area contributed by atoms with Crippen molar-refractivity contribution in [1.29, 1.82) is 0 Å². The van der Waals surface area contributed by atoms with Gasteiger partial charge in [0, 0.05) is 16.8 Å². The number of anilines is 2. The van der Waals surface area contributed by atoms with Gasteiger partial charge in [0.2, 0.25) is 10.0 Å². The number of nitrogens with two attached hydrogens (primary N) is 2. The molecule has 0 radical (unpaired) electrons. The van der Waals surface area contributed by atoms with E-state index in [9.17, 15) is 18.0 Å². The number of nitrogen functional groups attached to an aromatic ring is 1. The number of rotatable bonds is 5. The average Bonchev–Trinajstić information content (AvgIpc) is 2.96. The summed E-state index contributed by atoms with van der Waals surface area (Å²) in [4.78, 5) is 29.5. The maximum absolute atomic E-state index is 12.4. The highest BCUT2D eigenvalue weighted by Crippen LogP contribution is 2.35. The van der Waals surface area contributed by atoms with Crippen LogP contribution >= 0.6 is 11.3 Å². The molecule has 0 bridgehead atoms. The summed E-state index contributed by atoms with van der Waals surface area (Å²) >= 11 is 1.11. The van der Waals surface area contributed by atoms with Crippen LogP contribution in [0.3, 0.4) is 0 Å². The highest BCUT2D eigenvalue weighted by atomic mass is 32.2. The summed E-state index contributed by atoms with van der Waals surface area (Å²) in [6.45, 7) is 3.19. The number of pyridine rings is 1. The van der Waals surface area contributed by atoms with E-state index in [1.807, 2.05) is 19.9 Å². The first kappa shape index (κ1) is 20.7. The number of benzene rings is 1. The Balaban J connectivity index is 1.66. The molecule has 5 N–H and O–H groups in total. The lowest BCUT2D eigenvalue weighted by Crippen LogP contribution is -2.21. The van der Waals surface area contributed by atoms with Crippen molar-refractivity contribution >= 4 is 54.8 Å². The molecule has 0 unspecified atom stereocenters. The first-order valence-corrected chi connectivity index (χ1v) is 10.7. The molecule has 3 rings (SSSR count). The number of amides is 1. The van der Waals surface area contributed by atoms with Crippen LogP contribution in [0.4, 0.5) is 11.4 Å². The van der Waals surface area contributed by atoms with Crippen LogP contribution in [0.1, 0.15) is 20.9 Å². The highest BCUT2D eigenvalue weighted by Gasteiger charge is 2.21. The largest absolute Gasteiger partial charge is 0.451 e. The van der Waals surface area contributed by atoms with Gasteiger partial charge in [-0.2, -0.15) is 0 Å². The molecule has 0 fully saturated rings. The van der Waals surface area contributed by atoms with Gasteiger partial charge in [-0.3, -0.25) is 4.79 Å². The quantitative estimate of drug-likeness (QED) is 0.518. The average molecular weight is 434 g/mol. The van der Waals surface area contributed by atoms with Gasteiger partial charge in [-0.05, 0) is 49.7 Å². The topological polar surface area (TPSA) is 154 Å². The van der Waals surface area contributed by atoms with E-state index in [1.54, 1.807) is 0 Å². The Kier molecular flexibility index (Phi) is 5.55. The van der Waals surface area contributed by atoms with Crippen molar-refractivity contribution in [3.05, 3.63) is 46.5 Å². The van der Waals surface area contributed by atoms with E-state index in [-0.39, 0.29) is 15.5 Å². The zero-order valence-corrected chi connectivity index (χ0v) is 17.2. The summed E-state index contributed by atoms with van der Waals surface area (Å²) in [6, 6.07) is 7.13. The van der Waals surface area contributed by atoms with Crippen molar-refractivity contribution in [3.8, 4) is 0 Å². The number of esters is 1. The minimum atomic E-state index is -3.82. The van der Waals surface area contributed by atoms with Gasteiger partial charge in [0.1, 0.15) is 9.71 Å². The number of fused-ring (bicyclic) bond motifs is 1. The first-order valence-electron chi connectivity index (χ1n) is 8.32. The van der Waals surface area contributed by atoms with Crippen LogP contribution in [0.15, 0.2) is 35.2 Å². The fourth-order valence-corrected chi connectivity index (χ4v) is 4.37. The van der Waals surface area contributed by atoms with Gasteiger partial charge in [0.15, 0.2) is 6.61 Å². The number of hydrogen-bond acceptors (Lipinski definition) is 8. The molecule has 152 valence electrons. The number of aryl methyl sites for hydroxylation is 2. The smallest absolute Gasteiger partial charge is 0.351 e. The number of carbonyl (C=O) groups is 2. The van der Waals surface area contributed by atoms with Gasteiger partial charge in [0.25, 0.3) is 5.91 Å². The fraction of sp³-hybridized carbons (Fsp3) is 0.167. The molecule has 0 saturated heterocycles. The zero-order chi connectivity index (χ0) is 21.3. The van der Waals surface area contributed by atoms with E-state index in [1.165, 1.54) is 24.3 Å². The molecule has 0 saturated carbocycles. The van der Waals surface area contributed by atoms with Crippen molar-refractivity contribution in [2.24, 2.45) is 5.14 Å². The molecule has 2 aromatic heterocycles. The third-order valence-corrected chi connectivity index (χ3v) is 6.02. The Morgan fingerprint density at radius 3 is 2.48 bits per heavy atom. The minimum Gasteiger partial charge on any atom is -0.451 e. The molecule has 0 spiro atoms. The Morgan fingerprint density at radius 2 is 1.86 bits per heavy atom. The Hall–Kier alpha value is -3.02. The lowest BCUT2D eigenvalue weighted by Gasteiger charge is -2.07. The second-order valence-corrected chi connectivity index (χ2v) is 8.86. The third-order valence-electron chi connectivity index (χ3n) is 4.01. The number of nitrogens with zero attached hydrogens (tertiary/aromatic N) is 1. The van der Waals surface area contributed by atoms with Crippen molar-refractivity contribution in [1.82, 2.24) is 4.98 Å². The lowest BCUT2D eigenvalue weighted by molar-refractivity contribution is -0.119. The second-order valence-electron chi connectivity index (χ2n) is 6.30. The van der Waals surface area contributed by atoms with E-state index in [4.69, 9.17) is 15.6 Å². The number of primary sulfonamides is 1.